The Hall–Kier alpha value is -0.910. The van der Waals surface area contributed by atoms with E-state index in [-0.39, 0.29) is 18.1 Å². The first kappa shape index (κ1) is 12.5. The van der Waals surface area contributed by atoms with Gasteiger partial charge in [0, 0.05) is 26.0 Å². The van der Waals surface area contributed by atoms with Crippen LogP contribution in [0.1, 0.15) is 31.5 Å². The number of ether oxygens (including phenoxy) is 1. The number of nitrogens with zero attached hydrogens (tertiary/aromatic N) is 2. The van der Waals surface area contributed by atoms with Crippen LogP contribution in [0.4, 0.5) is 0 Å². The molecule has 0 amide bonds. The summed E-state index contributed by atoms with van der Waals surface area (Å²) in [5.74, 6) is 0. The van der Waals surface area contributed by atoms with E-state index in [1.165, 1.54) is 0 Å². The summed E-state index contributed by atoms with van der Waals surface area (Å²) >= 11 is 0. The van der Waals surface area contributed by atoms with E-state index in [9.17, 15) is 0 Å². The Labute approximate surface area is 102 Å². The Morgan fingerprint density at radius 2 is 2.29 bits per heavy atom. The van der Waals surface area contributed by atoms with E-state index in [1.54, 1.807) is 12.5 Å². The van der Waals surface area contributed by atoms with E-state index in [2.05, 4.69) is 16.5 Å². The van der Waals surface area contributed by atoms with Gasteiger partial charge in [0.1, 0.15) is 0 Å². The maximum absolute atomic E-state index is 9.11. The summed E-state index contributed by atoms with van der Waals surface area (Å²) in [4.78, 5) is 4.13. The highest BCUT2D eigenvalue weighted by Crippen LogP contribution is 2.32. The van der Waals surface area contributed by atoms with E-state index >= 15 is 0 Å². The second kappa shape index (κ2) is 5.16. The van der Waals surface area contributed by atoms with Gasteiger partial charge < -0.3 is 20.1 Å². The predicted molar refractivity (Wildman–Crippen MR) is 64.4 cm³/mol. The zero-order chi connectivity index (χ0) is 12.3. The molecule has 96 valence electrons. The molecule has 0 aliphatic carbocycles. The van der Waals surface area contributed by atoms with Crippen molar-refractivity contribution in [3.8, 4) is 0 Å². The molecule has 17 heavy (non-hydrogen) atoms. The number of imidazole rings is 1. The number of rotatable bonds is 4. The topological polar surface area (TPSA) is 73.3 Å². The lowest BCUT2D eigenvalue weighted by Crippen LogP contribution is -2.32. The van der Waals surface area contributed by atoms with Gasteiger partial charge >= 0.3 is 0 Å². The molecule has 1 saturated heterocycles. The summed E-state index contributed by atoms with van der Waals surface area (Å²) in [5, 5.41) is 9.11. The Bertz CT molecular complexity index is 358. The highest BCUT2D eigenvalue weighted by molar-refractivity contribution is 5.05. The quantitative estimate of drug-likeness (QED) is 0.811. The summed E-state index contributed by atoms with van der Waals surface area (Å²) in [6.45, 7) is 4.76. The molecule has 0 aromatic carbocycles. The minimum absolute atomic E-state index is 0.0501. The van der Waals surface area contributed by atoms with Crippen LogP contribution in [-0.2, 0) is 11.3 Å². The smallest absolute Gasteiger partial charge is 0.0948 e. The van der Waals surface area contributed by atoms with Gasteiger partial charge in [0.05, 0.1) is 24.7 Å². The number of hydrogen-bond acceptors (Lipinski definition) is 4. The van der Waals surface area contributed by atoms with Gasteiger partial charge in [-0.3, -0.25) is 0 Å². The first-order valence-electron chi connectivity index (χ1n) is 6.09. The van der Waals surface area contributed by atoms with Crippen molar-refractivity contribution in [1.82, 2.24) is 9.55 Å². The molecule has 1 aromatic heterocycles. The van der Waals surface area contributed by atoms with Crippen LogP contribution in [0, 0.1) is 5.41 Å². The van der Waals surface area contributed by atoms with Crippen LogP contribution in [-0.4, -0.2) is 34.5 Å². The monoisotopic (exact) mass is 239 g/mol. The zero-order valence-corrected chi connectivity index (χ0v) is 10.3. The standard InChI is InChI=1S/C12H21N3O2/c1-12(2-4-17-5-3-12)8-15-9-14-6-11(15)10(13)7-16/h6,9-10,16H,2-5,7-8,13H2,1H3. The van der Waals surface area contributed by atoms with Crippen molar-refractivity contribution in [1.29, 1.82) is 0 Å². The number of hydrogen-bond donors (Lipinski definition) is 2. The van der Waals surface area contributed by atoms with Gasteiger partial charge in [0.2, 0.25) is 0 Å². The summed E-state index contributed by atoms with van der Waals surface area (Å²) in [7, 11) is 0. The van der Waals surface area contributed by atoms with Crippen molar-refractivity contribution in [2.24, 2.45) is 11.1 Å². The van der Waals surface area contributed by atoms with Gasteiger partial charge in [-0.1, -0.05) is 6.92 Å². The van der Waals surface area contributed by atoms with Crippen LogP contribution >= 0.6 is 0 Å². The average molecular weight is 239 g/mol. The molecule has 5 nitrogen and oxygen atoms in total. The highest BCUT2D eigenvalue weighted by Gasteiger charge is 2.28. The number of aliphatic hydroxyl groups excluding tert-OH is 1. The van der Waals surface area contributed by atoms with Crippen molar-refractivity contribution in [3.05, 3.63) is 18.2 Å². The fourth-order valence-electron chi connectivity index (χ4n) is 2.30. The molecule has 1 unspecified atom stereocenters. The third-order valence-corrected chi connectivity index (χ3v) is 3.57. The molecule has 0 saturated carbocycles. The summed E-state index contributed by atoms with van der Waals surface area (Å²) in [5.41, 5.74) is 6.99. The molecule has 2 rings (SSSR count). The zero-order valence-electron chi connectivity index (χ0n) is 10.3. The fourth-order valence-corrected chi connectivity index (χ4v) is 2.30. The normalized spacial score (nSPS) is 21.4. The van der Waals surface area contributed by atoms with Gasteiger partial charge in [-0.25, -0.2) is 4.98 Å². The Kier molecular flexibility index (Phi) is 3.81. The SMILES string of the molecule is CC1(Cn2cncc2C(N)CO)CCOCC1. The molecule has 1 fully saturated rings. The molecule has 5 heteroatoms. The molecule has 0 radical (unpaired) electrons. The second-order valence-corrected chi connectivity index (χ2v) is 5.16. The molecular weight excluding hydrogens is 218 g/mol. The fraction of sp³-hybridized carbons (Fsp3) is 0.750. The lowest BCUT2D eigenvalue weighted by molar-refractivity contribution is 0.0149. The van der Waals surface area contributed by atoms with E-state index in [0.717, 1.165) is 38.3 Å². The molecule has 0 spiro atoms. The number of aliphatic hydroxyl groups is 1. The average Bonchev–Trinajstić information content (AvgIpc) is 2.76. The Morgan fingerprint density at radius 1 is 1.59 bits per heavy atom. The van der Waals surface area contributed by atoms with Crippen LogP contribution in [0.5, 0.6) is 0 Å². The maximum Gasteiger partial charge on any atom is 0.0948 e. The van der Waals surface area contributed by atoms with Gasteiger partial charge in [0.25, 0.3) is 0 Å². The summed E-state index contributed by atoms with van der Waals surface area (Å²) in [6, 6.07) is -0.346. The number of aromatic nitrogens is 2. The van der Waals surface area contributed by atoms with Crippen molar-refractivity contribution in [2.45, 2.75) is 32.4 Å². The minimum atomic E-state index is -0.346. The van der Waals surface area contributed by atoms with Gasteiger partial charge in [-0.05, 0) is 18.3 Å². The third-order valence-electron chi connectivity index (χ3n) is 3.57. The highest BCUT2D eigenvalue weighted by atomic mass is 16.5. The van der Waals surface area contributed by atoms with E-state index in [1.807, 2.05) is 0 Å². The van der Waals surface area contributed by atoms with Crippen molar-refractivity contribution in [2.75, 3.05) is 19.8 Å². The van der Waals surface area contributed by atoms with Gasteiger partial charge in [0.15, 0.2) is 0 Å². The Balaban J connectivity index is 2.10. The molecule has 1 atom stereocenters. The van der Waals surface area contributed by atoms with Crippen LogP contribution in [0.15, 0.2) is 12.5 Å². The van der Waals surface area contributed by atoms with Crippen LogP contribution < -0.4 is 5.73 Å². The van der Waals surface area contributed by atoms with Gasteiger partial charge in [-0.2, -0.15) is 0 Å². The van der Waals surface area contributed by atoms with Crippen molar-refractivity contribution < 1.29 is 9.84 Å². The molecule has 2 heterocycles. The minimum Gasteiger partial charge on any atom is -0.394 e. The first-order chi connectivity index (χ1) is 8.14. The molecule has 0 bridgehead atoms. The Morgan fingerprint density at radius 3 is 2.94 bits per heavy atom. The maximum atomic E-state index is 9.11. The largest absolute Gasteiger partial charge is 0.394 e. The second-order valence-electron chi connectivity index (χ2n) is 5.16. The number of nitrogens with two attached hydrogens (primary N) is 1. The van der Waals surface area contributed by atoms with Crippen molar-refractivity contribution in [3.63, 3.8) is 0 Å². The lowest BCUT2D eigenvalue weighted by Gasteiger charge is -2.34. The van der Waals surface area contributed by atoms with Crippen molar-refractivity contribution >= 4 is 0 Å². The lowest BCUT2D eigenvalue weighted by atomic mass is 9.82. The molecule has 1 aliphatic heterocycles. The summed E-state index contributed by atoms with van der Waals surface area (Å²) in [6.07, 6.45) is 5.65. The van der Waals surface area contributed by atoms with Crippen LogP contribution in [0.2, 0.25) is 0 Å². The molecule has 3 N–H and O–H groups in total. The third kappa shape index (κ3) is 2.86. The van der Waals surface area contributed by atoms with Crippen LogP contribution in [0.25, 0.3) is 0 Å². The van der Waals surface area contributed by atoms with Gasteiger partial charge in [-0.15, -0.1) is 0 Å². The molecule has 1 aromatic rings. The van der Waals surface area contributed by atoms with E-state index < -0.39 is 0 Å². The summed E-state index contributed by atoms with van der Waals surface area (Å²) < 4.78 is 7.46. The van der Waals surface area contributed by atoms with E-state index in [4.69, 9.17) is 15.6 Å². The molecular formula is C12H21N3O2. The molecule has 1 aliphatic rings. The van der Waals surface area contributed by atoms with E-state index in [0.29, 0.717) is 0 Å². The van der Waals surface area contributed by atoms with Crippen LogP contribution in [0.3, 0.4) is 0 Å². The first-order valence-corrected chi connectivity index (χ1v) is 6.09. The predicted octanol–water partition coefficient (Wildman–Crippen LogP) is 0.692.